The summed E-state index contributed by atoms with van der Waals surface area (Å²) in [5, 5.41) is 5.85. The van der Waals surface area contributed by atoms with E-state index in [0.29, 0.717) is 10.7 Å². The van der Waals surface area contributed by atoms with Gasteiger partial charge >= 0.3 is 5.97 Å². The van der Waals surface area contributed by atoms with Crippen molar-refractivity contribution in [2.45, 2.75) is 19.9 Å². The number of anilines is 1. The first-order valence-corrected chi connectivity index (χ1v) is 8.33. The van der Waals surface area contributed by atoms with Crippen LogP contribution in [0, 0.1) is 0 Å². The number of ether oxygens (including phenoxy) is 1. The van der Waals surface area contributed by atoms with Gasteiger partial charge in [0, 0.05) is 17.6 Å². The Morgan fingerprint density at radius 2 is 1.85 bits per heavy atom. The average Bonchev–Trinajstić information content (AvgIpc) is 2.59. The predicted molar refractivity (Wildman–Crippen MR) is 99.0 cm³/mol. The van der Waals surface area contributed by atoms with Crippen molar-refractivity contribution in [3.05, 3.63) is 64.7 Å². The third-order valence-electron chi connectivity index (χ3n) is 3.50. The fourth-order valence-electron chi connectivity index (χ4n) is 2.33. The molecule has 0 saturated carbocycles. The summed E-state index contributed by atoms with van der Waals surface area (Å²) < 4.78 is 5.02. The molecule has 1 atom stereocenters. The Bertz CT molecular complexity index is 823. The SMILES string of the molecule is CC(=O)Nc1cccc(C(=O)OCC(=O)N[C@@H](C)c2ccccc2Cl)c1. The molecule has 0 unspecified atom stereocenters. The van der Waals surface area contributed by atoms with Crippen molar-refractivity contribution in [1.82, 2.24) is 5.32 Å². The van der Waals surface area contributed by atoms with Crippen molar-refractivity contribution in [3.8, 4) is 0 Å². The van der Waals surface area contributed by atoms with Gasteiger partial charge < -0.3 is 15.4 Å². The molecule has 0 aliphatic rings. The number of nitrogens with one attached hydrogen (secondary N) is 2. The summed E-state index contributed by atoms with van der Waals surface area (Å²) in [6, 6.07) is 13.1. The van der Waals surface area contributed by atoms with Crippen molar-refractivity contribution in [1.29, 1.82) is 0 Å². The summed E-state index contributed by atoms with van der Waals surface area (Å²) in [6.07, 6.45) is 0. The lowest BCUT2D eigenvalue weighted by Crippen LogP contribution is -2.31. The second-order valence-corrected chi connectivity index (χ2v) is 6.06. The van der Waals surface area contributed by atoms with Gasteiger partial charge in [0.25, 0.3) is 5.91 Å². The van der Waals surface area contributed by atoms with Crippen LogP contribution in [0.3, 0.4) is 0 Å². The molecule has 2 amide bonds. The second-order valence-electron chi connectivity index (χ2n) is 5.65. The lowest BCUT2D eigenvalue weighted by atomic mass is 10.1. The third-order valence-corrected chi connectivity index (χ3v) is 3.85. The maximum atomic E-state index is 12.1. The minimum Gasteiger partial charge on any atom is -0.452 e. The number of esters is 1. The lowest BCUT2D eigenvalue weighted by Gasteiger charge is -2.15. The highest BCUT2D eigenvalue weighted by Crippen LogP contribution is 2.22. The molecule has 26 heavy (non-hydrogen) atoms. The highest BCUT2D eigenvalue weighted by molar-refractivity contribution is 6.31. The van der Waals surface area contributed by atoms with Crippen LogP contribution in [-0.4, -0.2) is 24.4 Å². The number of halogens is 1. The summed E-state index contributed by atoms with van der Waals surface area (Å²) in [4.78, 5) is 35.1. The minimum atomic E-state index is -0.655. The molecule has 0 spiro atoms. The van der Waals surface area contributed by atoms with Crippen LogP contribution in [-0.2, 0) is 14.3 Å². The van der Waals surface area contributed by atoms with Crippen LogP contribution in [0.15, 0.2) is 48.5 Å². The maximum Gasteiger partial charge on any atom is 0.338 e. The van der Waals surface area contributed by atoms with Gasteiger partial charge in [0.1, 0.15) is 0 Å². The summed E-state index contributed by atoms with van der Waals surface area (Å²) >= 11 is 6.09. The van der Waals surface area contributed by atoms with Crippen LogP contribution in [0.2, 0.25) is 5.02 Å². The number of rotatable bonds is 6. The highest BCUT2D eigenvalue weighted by atomic mass is 35.5. The maximum absolute atomic E-state index is 12.1. The average molecular weight is 375 g/mol. The van der Waals surface area contributed by atoms with E-state index in [1.165, 1.54) is 19.1 Å². The fraction of sp³-hybridized carbons (Fsp3) is 0.211. The summed E-state index contributed by atoms with van der Waals surface area (Å²) in [6.45, 7) is 2.74. The molecule has 0 aliphatic heterocycles. The zero-order valence-corrected chi connectivity index (χ0v) is 15.2. The van der Waals surface area contributed by atoms with Crippen molar-refractivity contribution in [2.24, 2.45) is 0 Å². The fourth-order valence-corrected chi connectivity index (χ4v) is 2.63. The molecule has 136 valence electrons. The zero-order valence-electron chi connectivity index (χ0n) is 14.4. The molecule has 0 bridgehead atoms. The van der Waals surface area contributed by atoms with Crippen LogP contribution in [0.1, 0.15) is 35.8 Å². The minimum absolute atomic E-state index is 0.239. The topological polar surface area (TPSA) is 84.5 Å². The van der Waals surface area contributed by atoms with Crippen LogP contribution < -0.4 is 10.6 Å². The van der Waals surface area contributed by atoms with E-state index in [-0.39, 0.29) is 17.5 Å². The number of benzene rings is 2. The number of carbonyl (C=O) groups excluding carboxylic acids is 3. The first kappa shape index (κ1) is 19.5. The van der Waals surface area contributed by atoms with Crippen molar-refractivity contribution in [2.75, 3.05) is 11.9 Å². The third kappa shape index (κ3) is 5.60. The largest absolute Gasteiger partial charge is 0.452 e. The van der Waals surface area contributed by atoms with Gasteiger partial charge in [0.2, 0.25) is 5.91 Å². The van der Waals surface area contributed by atoms with Gasteiger partial charge in [-0.15, -0.1) is 0 Å². The lowest BCUT2D eigenvalue weighted by molar-refractivity contribution is -0.124. The van der Waals surface area contributed by atoms with Crippen LogP contribution in [0.5, 0.6) is 0 Å². The zero-order chi connectivity index (χ0) is 19.1. The molecule has 7 heteroatoms. The second kappa shape index (κ2) is 9.01. The molecule has 0 radical (unpaired) electrons. The summed E-state index contributed by atoms with van der Waals surface area (Å²) in [7, 11) is 0. The molecular formula is C19H19ClN2O4. The van der Waals surface area contributed by atoms with E-state index >= 15 is 0 Å². The predicted octanol–water partition coefficient (Wildman–Crippen LogP) is 3.33. The molecule has 0 saturated heterocycles. The van der Waals surface area contributed by atoms with E-state index in [2.05, 4.69) is 10.6 Å². The molecule has 2 N–H and O–H groups in total. The van der Waals surface area contributed by atoms with E-state index in [4.69, 9.17) is 16.3 Å². The Labute approximate surface area is 156 Å². The molecular weight excluding hydrogens is 356 g/mol. The molecule has 0 fully saturated rings. The van der Waals surface area contributed by atoms with Gasteiger partial charge in [0.15, 0.2) is 6.61 Å². The van der Waals surface area contributed by atoms with E-state index in [1.54, 1.807) is 31.2 Å². The first-order valence-electron chi connectivity index (χ1n) is 7.95. The van der Waals surface area contributed by atoms with Gasteiger partial charge in [-0.2, -0.15) is 0 Å². The number of hydrogen-bond acceptors (Lipinski definition) is 4. The first-order chi connectivity index (χ1) is 12.4. The molecule has 0 aliphatic carbocycles. The monoisotopic (exact) mass is 374 g/mol. The Morgan fingerprint density at radius 3 is 2.54 bits per heavy atom. The molecule has 2 aromatic rings. The van der Waals surface area contributed by atoms with Crippen molar-refractivity contribution < 1.29 is 19.1 Å². The van der Waals surface area contributed by atoms with Gasteiger partial charge in [-0.3, -0.25) is 9.59 Å². The standard InChI is InChI=1S/C19H19ClN2O4/c1-12(16-8-3-4-9-17(16)20)21-18(24)11-26-19(25)14-6-5-7-15(10-14)22-13(2)23/h3-10,12H,11H2,1-2H3,(H,21,24)(H,22,23)/t12-/m0/s1. The van der Waals surface area contributed by atoms with E-state index < -0.39 is 18.5 Å². The smallest absolute Gasteiger partial charge is 0.338 e. The van der Waals surface area contributed by atoms with E-state index in [1.807, 2.05) is 12.1 Å². The number of hydrogen-bond donors (Lipinski definition) is 2. The van der Waals surface area contributed by atoms with Gasteiger partial charge in [-0.05, 0) is 36.8 Å². The highest BCUT2D eigenvalue weighted by Gasteiger charge is 2.15. The molecule has 0 aromatic heterocycles. The molecule has 0 heterocycles. The van der Waals surface area contributed by atoms with Gasteiger partial charge in [-0.25, -0.2) is 4.79 Å². The quantitative estimate of drug-likeness (QED) is 0.759. The molecule has 2 rings (SSSR count). The summed E-state index contributed by atoms with van der Waals surface area (Å²) in [5.41, 5.74) is 1.49. The Morgan fingerprint density at radius 1 is 1.12 bits per heavy atom. The molecule has 6 nitrogen and oxygen atoms in total. The van der Waals surface area contributed by atoms with Crippen LogP contribution in [0.25, 0.3) is 0 Å². The van der Waals surface area contributed by atoms with Crippen LogP contribution >= 0.6 is 11.6 Å². The number of carbonyl (C=O) groups is 3. The van der Waals surface area contributed by atoms with Gasteiger partial charge in [0.05, 0.1) is 11.6 Å². The summed E-state index contributed by atoms with van der Waals surface area (Å²) in [5.74, 6) is -1.34. The van der Waals surface area contributed by atoms with Gasteiger partial charge in [-0.1, -0.05) is 35.9 Å². The van der Waals surface area contributed by atoms with E-state index in [9.17, 15) is 14.4 Å². The molecule has 2 aromatic carbocycles. The van der Waals surface area contributed by atoms with E-state index in [0.717, 1.165) is 5.56 Å². The Balaban J connectivity index is 1.90. The Kier molecular flexibility index (Phi) is 6.74. The van der Waals surface area contributed by atoms with Crippen LogP contribution in [0.4, 0.5) is 5.69 Å². The number of amides is 2. The van der Waals surface area contributed by atoms with Crippen molar-refractivity contribution >= 4 is 35.1 Å². The van der Waals surface area contributed by atoms with Crippen molar-refractivity contribution in [3.63, 3.8) is 0 Å². The Hall–Kier alpha value is -2.86. The normalized spacial score (nSPS) is 11.3.